The van der Waals surface area contributed by atoms with Gasteiger partial charge in [0, 0.05) is 32.7 Å². The summed E-state index contributed by atoms with van der Waals surface area (Å²) >= 11 is 0. The molecule has 0 fully saturated rings. The summed E-state index contributed by atoms with van der Waals surface area (Å²) in [7, 11) is 2.06. The number of hydrogen-bond acceptors (Lipinski definition) is 4. The Morgan fingerprint density at radius 2 is 2.16 bits per heavy atom. The molecule has 104 valence electrons. The zero-order valence-electron chi connectivity index (χ0n) is 11.3. The summed E-state index contributed by atoms with van der Waals surface area (Å²) < 4.78 is 12.8. The Kier molecular flexibility index (Phi) is 5.15. The predicted octanol–water partition coefficient (Wildman–Crippen LogP) is 1.20. The topological polar surface area (TPSA) is 39.7 Å². The zero-order chi connectivity index (χ0) is 13.5. The summed E-state index contributed by atoms with van der Waals surface area (Å²) in [5.74, 6) is 0.718. The van der Waals surface area contributed by atoms with E-state index in [0.29, 0.717) is 0 Å². The van der Waals surface area contributed by atoms with Crippen LogP contribution in [0.5, 0.6) is 0 Å². The monoisotopic (exact) mass is 264 g/mol. The van der Waals surface area contributed by atoms with Crippen LogP contribution in [0.2, 0.25) is 0 Å². The molecule has 0 aromatic heterocycles. The Morgan fingerprint density at radius 1 is 1.37 bits per heavy atom. The lowest BCUT2D eigenvalue weighted by Gasteiger charge is -2.20. The molecule has 1 heterocycles. The van der Waals surface area contributed by atoms with Crippen molar-refractivity contribution in [2.24, 2.45) is 4.99 Å². The van der Waals surface area contributed by atoms with Crippen LogP contribution in [-0.2, 0) is 6.54 Å². The van der Waals surface area contributed by atoms with Crippen molar-refractivity contribution < 1.29 is 4.39 Å². The number of rotatable bonds is 5. The molecule has 0 saturated heterocycles. The minimum Gasteiger partial charge on any atom is -0.356 e. The lowest BCUT2D eigenvalue weighted by molar-refractivity contribution is 0.331. The number of likely N-dealkylation sites (N-methyl/N-ethyl adjacent to an activating group) is 1. The van der Waals surface area contributed by atoms with E-state index in [2.05, 4.69) is 27.6 Å². The summed E-state index contributed by atoms with van der Waals surface area (Å²) in [5.41, 5.74) is 1.12. The molecule has 0 radical (unpaired) electrons. The molecule has 4 nitrogen and oxygen atoms in total. The Hall–Kier alpha value is -1.62. The number of nitrogens with one attached hydrogen (secondary N) is 2. The van der Waals surface area contributed by atoms with Crippen molar-refractivity contribution in [1.82, 2.24) is 15.5 Å². The van der Waals surface area contributed by atoms with Gasteiger partial charge in [0.25, 0.3) is 0 Å². The fourth-order valence-electron chi connectivity index (χ4n) is 2.00. The van der Waals surface area contributed by atoms with Crippen LogP contribution >= 0.6 is 0 Å². The first kappa shape index (κ1) is 13.8. The van der Waals surface area contributed by atoms with Gasteiger partial charge in [0.1, 0.15) is 5.82 Å². The Morgan fingerprint density at radius 3 is 2.84 bits per heavy atom. The number of aliphatic imine (C=N–C) groups is 1. The molecule has 0 atom stereocenters. The van der Waals surface area contributed by atoms with Gasteiger partial charge in [-0.1, -0.05) is 12.1 Å². The molecular formula is C14H21FN4. The van der Waals surface area contributed by atoms with Gasteiger partial charge in [-0.25, -0.2) is 4.39 Å². The van der Waals surface area contributed by atoms with Gasteiger partial charge in [-0.3, -0.25) is 4.99 Å². The minimum absolute atomic E-state index is 0.186. The second-order valence-corrected chi connectivity index (χ2v) is 4.80. The molecular weight excluding hydrogens is 243 g/mol. The van der Waals surface area contributed by atoms with Crippen molar-refractivity contribution in [1.29, 1.82) is 0 Å². The van der Waals surface area contributed by atoms with Crippen LogP contribution in [0.15, 0.2) is 29.3 Å². The van der Waals surface area contributed by atoms with Crippen molar-refractivity contribution in [3.63, 3.8) is 0 Å². The highest BCUT2D eigenvalue weighted by atomic mass is 19.1. The van der Waals surface area contributed by atoms with E-state index in [-0.39, 0.29) is 5.82 Å². The Labute approximate surface area is 113 Å². The SMILES string of the molecule is CN(CCNC1=NCCCN1)Cc1ccc(F)cc1. The van der Waals surface area contributed by atoms with E-state index in [0.717, 1.165) is 50.7 Å². The van der Waals surface area contributed by atoms with Gasteiger partial charge >= 0.3 is 0 Å². The smallest absolute Gasteiger partial charge is 0.191 e. The number of guanidine groups is 1. The van der Waals surface area contributed by atoms with E-state index in [1.165, 1.54) is 12.1 Å². The summed E-state index contributed by atoms with van der Waals surface area (Å²) in [5, 5.41) is 6.51. The van der Waals surface area contributed by atoms with Crippen molar-refractivity contribution >= 4 is 5.96 Å². The molecule has 1 aliphatic rings. The molecule has 2 N–H and O–H groups in total. The van der Waals surface area contributed by atoms with Gasteiger partial charge < -0.3 is 15.5 Å². The maximum Gasteiger partial charge on any atom is 0.191 e. The van der Waals surface area contributed by atoms with Gasteiger partial charge in [0.05, 0.1) is 0 Å². The predicted molar refractivity (Wildman–Crippen MR) is 75.7 cm³/mol. The average molecular weight is 264 g/mol. The van der Waals surface area contributed by atoms with Crippen LogP contribution in [0, 0.1) is 5.82 Å². The molecule has 5 heteroatoms. The van der Waals surface area contributed by atoms with Crippen LogP contribution in [0.1, 0.15) is 12.0 Å². The first-order valence-electron chi connectivity index (χ1n) is 6.69. The van der Waals surface area contributed by atoms with Crippen molar-refractivity contribution in [3.05, 3.63) is 35.6 Å². The van der Waals surface area contributed by atoms with Crippen LogP contribution < -0.4 is 10.6 Å². The average Bonchev–Trinajstić information content (AvgIpc) is 2.43. The molecule has 19 heavy (non-hydrogen) atoms. The van der Waals surface area contributed by atoms with Crippen LogP contribution in [0.3, 0.4) is 0 Å². The minimum atomic E-state index is -0.186. The zero-order valence-corrected chi connectivity index (χ0v) is 11.3. The van der Waals surface area contributed by atoms with Crippen LogP contribution in [0.25, 0.3) is 0 Å². The first-order valence-corrected chi connectivity index (χ1v) is 6.69. The normalized spacial score (nSPS) is 15.0. The van der Waals surface area contributed by atoms with E-state index in [1.807, 2.05) is 12.1 Å². The number of hydrogen-bond donors (Lipinski definition) is 2. The second kappa shape index (κ2) is 7.09. The van der Waals surface area contributed by atoms with E-state index in [1.54, 1.807) is 0 Å². The van der Waals surface area contributed by atoms with Crippen molar-refractivity contribution in [2.75, 3.05) is 33.2 Å². The molecule has 2 rings (SSSR count). The molecule has 0 saturated carbocycles. The van der Waals surface area contributed by atoms with E-state index in [4.69, 9.17) is 0 Å². The fraction of sp³-hybridized carbons (Fsp3) is 0.500. The lowest BCUT2D eigenvalue weighted by atomic mass is 10.2. The molecule has 0 unspecified atom stereocenters. The van der Waals surface area contributed by atoms with Crippen molar-refractivity contribution in [2.45, 2.75) is 13.0 Å². The Bertz CT molecular complexity index is 416. The maximum atomic E-state index is 12.8. The number of benzene rings is 1. The third-order valence-electron chi connectivity index (χ3n) is 3.05. The molecule has 0 spiro atoms. The van der Waals surface area contributed by atoms with Crippen LogP contribution in [-0.4, -0.2) is 44.1 Å². The highest BCUT2D eigenvalue weighted by molar-refractivity contribution is 5.80. The highest BCUT2D eigenvalue weighted by Gasteiger charge is 2.04. The standard InChI is InChI=1S/C14H21FN4/c1-19(11-12-3-5-13(15)6-4-12)10-9-18-14-16-7-2-8-17-14/h3-6H,2,7-11H2,1H3,(H2,16,17,18). The molecule has 1 aromatic carbocycles. The van der Waals surface area contributed by atoms with Gasteiger partial charge in [-0.2, -0.15) is 0 Å². The summed E-state index contributed by atoms with van der Waals surface area (Å²) in [4.78, 5) is 6.55. The van der Waals surface area contributed by atoms with Gasteiger partial charge in [-0.15, -0.1) is 0 Å². The number of halogens is 1. The van der Waals surface area contributed by atoms with E-state index in [9.17, 15) is 4.39 Å². The first-order chi connectivity index (χ1) is 9.24. The molecule has 0 amide bonds. The van der Waals surface area contributed by atoms with E-state index >= 15 is 0 Å². The second-order valence-electron chi connectivity index (χ2n) is 4.80. The molecule has 0 aliphatic carbocycles. The molecule has 0 bridgehead atoms. The molecule has 1 aromatic rings. The highest BCUT2D eigenvalue weighted by Crippen LogP contribution is 2.04. The van der Waals surface area contributed by atoms with Gasteiger partial charge in [-0.05, 0) is 31.2 Å². The lowest BCUT2D eigenvalue weighted by Crippen LogP contribution is -2.43. The van der Waals surface area contributed by atoms with Crippen LogP contribution in [0.4, 0.5) is 4.39 Å². The third kappa shape index (κ3) is 4.87. The fourth-order valence-corrected chi connectivity index (χ4v) is 2.00. The van der Waals surface area contributed by atoms with E-state index < -0.39 is 0 Å². The van der Waals surface area contributed by atoms with Gasteiger partial charge in [0.2, 0.25) is 0 Å². The number of nitrogens with zero attached hydrogens (tertiary/aromatic N) is 2. The molecule has 1 aliphatic heterocycles. The largest absolute Gasteiger partial charge is 0.356 e. The third-order valence-corrected chi connectivity index (χ3v) is 3.05. The summed E-state index contributed by atoms with van der Waals surface area (Å²) in [6.45, 7) is 4.49. The quantitative estimate of drug-likeness (QED) is 0.839. The summed E-state index contributed by atoms with van der Waals surface area (Å²) in [6.07, 6.45) is 1.11. The van der Waals surface area contributed by atoms with Crippen molar-refractivity contribution in [3.8, 4) is 0 Å². The summed E-state index contributed by atoms with van der Waals surface area (Å²) in [6, 6.07) is 6.66. The van der Waals surface area contributed by atoms with Gasteiger partial charge in [0.15, 0.2) is 5.96 Å². The maximum absolute atomic E-state index is 12.8. The Balaban J connectivity index is 1.68.